The Morgan fingerprint density at radius 3 is 1.65 bits per heavy atom. The number of halogens is 2. The number of piperidine rings is 1. The van der Waals surface area contributed by atoms with Gasteiger partial charge in [-0.15, -0.1) is 0 Å². The summed E-state index contributed by atoms with van der Waals surface area (Å²) in [6, 6.07) is 16.5. The van der Waals surface area contributed by atoms with Gasteiger partial charge < -0.3 is 5.32 Å². The monoisotopic (exact) mass is 435 g/mol. The molecule has 1 saturated heterocycles. The second-order valence-electron chi connectivity index (χ2n) is 6.21. The quantitative estimate of drug-likeness (QED) is 0.679. The van der Waals surface area contributed by atoms with E-state index in [1.807, 2.05) is 38.1 Å². The Hall–Kier alpha value is -0.970. The summed E-state index contributed by atoms with van der Waals surface area (Å²) >= 11 is 7.05. The summed E-state index contributed by atoms with van der Waals surface area (Å²) in [4.78, 5) is 12.8. The minimum Gasteiger partial charge on any atom is -0.302 e. The maximum atomic E-state index is 12.8. The zero-order valence-electron chi connectivity index (χ0n) is 13.1. The van der Waals surface area contributed by atoms with E-state index < -0.39 is 0 Å². The molecule has 3 rings (SSSR count). The standard InChI is InChI=1S/C19H19Br2NO/c1-11-17(13-5-3-7-15(20)9-13)22-18(12(2)19(11)23)14-6-4-8-16(21)10-14/h3-12,17-18,22H,1-2H3/t11-,12+,17-,18-/m1/s1. The molecule has 2 aromatic rings. The highest BCUT2D eigenvalue weighted by Crippen LogP contribution is 2.39. The van der Waals surface area contributed by atoms with Crippen molar-refractivity contribution in [2.24, 2.45) is 11.8 Å². The Kier molecular flexibility index (Phi) is 5.04. The van der Waals surface area contributed by atoms with Gasteiger partial charge >= 0.3 is 0 Å². The first-order valence-electron chi connectivity index (χ1n) is 7.78. The van der Waals surface area contributed by atoms with Gasteiger partial charge in [-0.2, -0.15) is 0 Å². The summed E-state index contributed by atoms with van der Waals surface area (Å²) in [7, 11) is 0. The van der Waals surface area contributed by atoms with Gasteiger partial charge in [0.05, 0.1) is 0 Å². The first-order chi connectivity index (χ1) is 11.0. The molecule has 0 amide bonds. The maximum Gasteiger partial charge on any atom is 0.142 e. The molecule has 4 atom stereocenters. The van der Waals surface area contributed by atoms with Crippen LogP contribution in [0.3, 0.4) is 0 Å². The van der Waals surface area contributed by atoms with E-state index >= 15 is 0 Å². The number of ketones is 1. The SMILES string of the molecule is C[C@@H]1C(=O)[C@H](C)[C@H](c2cccc(Br)c2)N[C@H]1c1cccc(Br)c1. The van der Waals surface area contributed by atoms with Crippen molar-refractivity contribution < 1.29 is 4.79 Å². The molecular weight excluding hydrogens is 418 g/mol. The Bertz CT molecular complexity index is 671. The molecule has 120 valence electrons. The van der Waals surface area contributed by atoms with Gasteiger partial charge in [-0.1, -0.05) is 70.0 Å². The molecule has 0 unspecified atom stereocenters. The summed E-state index contributed by atoms with van der Waals surface area (Å²) in [5.74, 6) is 0.240. The van der Waals surface area contributed by atoms with Crippen LogP contribution in [0.2, 0.25) is 0 Å². The normalized spacial score (nSPS) is 27.9. The molecule has 2 nitrogen and oxygen atoms in total. The second kappa shape index (κ2) is 6.88. The third-order valence-corrected chi connectivity index (χ3v) is 5.66. The third-order valence-electron chi connectivity index (χ3n) is 4.67. The average Bonchev–Trinajstić information content (AvgIpc) is 2.53. The van der Waals surface area contributed by atoms with Crippen molar-refractivity contribution in [2.45, 2.75) is 25.9 Å². The lowest BCUT2D eigenvalue weighted by Gasteiger charge is -2.39. The van der Waals surface area contributed by atoms with E-state index in [9.17, 15) is 4.79 Å². The van der Waals surface area contributed by atoms with Gasteiger partial charge in [0.15, 0.2) is 0 Å². The Labute approximate surface area is 153 Å². The fourth-order valence-corrected chi connectivity index (χ4v) is 4.23. The average molecular weight is 437 g/mol. The topological polar surface area (TPSA) is 29.1 Å². The number of benzene rings is 2. The van der Waals surface area contributed by atoms with Crippen LogP contribution in [0.15, 0.2) is 57.5 Å². The van der Waals surface area contributed by atoms with Crippen molar-refractivity contribution in [1.82, 2.24) is 5.32 Å². The smallest absolute Gasteiger partial charge is 0.142 e. The van der Waals surface area contributed by atoms with E-state index in [1.165, 1.54) is 0 Å². The minimum absolute atomic E-state index is 0.0279. The maximum absolute atomic E-state index is 12.8. The lowest BCUT2D eigenvalue weighted by molar-refractivity contribution is -0.130. The molecule has 1 aliphatic rings. The Morgan fingerprint density at radius 1 is 0.826 bits per heavy atom. The van der Waals surface area contributed by atoms with Gasteiger partial charge in [0, 0.05) is 32.9 Å². The fourth-order valence-electron chi connectivity index (χ4n) is 3.40. The molecule has 1 aliphatic heterocycles. The van der Waals surface area contributed by atoms with Crippen LogP contribution in [-0.4, -0.2) is 5.78 Å². The number of nitrogens with one attached hydrogen (secondary N) is 1. The number of carbonyl (C=O) groups is 1. The predicted octanol–water partition coefficient (Wildman–Crippen LogP) is 5.44. The highest BCUT2D eigenvalue weighted by molar-refractivity contribution is 9.10. The zero-order valence-corrected chi connectivity index (χ0v) is 16.3. The van der Waals surface area contributed by atoms with Gasteiger partial charge in [-0.05, 0) is 35.4 Å². The molecule has 0 saturated carbocycles. The fraction of sp³-hybridized carbons (Fsp3) is 0.316. The highest BCUT2D eigenvalue weighted by Gasteiger charge is 2.40. The van der Waals surface area contributed by atoms with Crippen LogP contribution in [-0.2, 0) is 4.79 Å². The van der Waals surface area contributed by atoms with Crippen molar-refractivity contribution >= 4 is 37.6 Å². The van der Waals surface area contributed by atoms with Gasteiger partial charge in [-0.25, -0.2) is 0 Å². The molecule has 2 aromatic carbocycles. The summed E-state index contributed by atoms with van der Waals surface area (Å²) < 4.78 is 2.07. The molecule has 0 bridgehead atoms. The van der Waals surface area contributed by atoms with Gasteiger partial charge in [0.2, 0.25) is 0 Å². The number of hydrogen-bond donors (Lipinski definition) is 1. The van der Waals surface area contributed by atoms with E-state index in [4.69, 9.17) is 0 Å². The van der Waals surface area contributed by atoms with Gasteiger partial charge in [-0.3, -0.25) is 4.79 Å². The number of rotatable bonds is 2. The highest BCUT2D eigenvalue weighted by atomic mass is 79.9. The van der Waals surface area contributed by atoms with Gasteiger partial charge in [0.25, 0.3) is 0 Å². The van der Waals surface area contributed by atoms with E-state index in [2.05, 4.69) is 61.4 Å². The molecule has 1 heterocycles. The molecule has 1 N–H and O–H groups in total. The first-order valence-corrected chi connectivity index (χ1v) is 9.36. The Balaban J connectivity index is 1.97. The lowest BCUT2D eigenvalue weighted by Crippen LogP contribution is -2.46. The van der Waals surface area contributed by atoms with Crippen LogP contribution in [0.1, 0.15) is 37.1 Å². The molecule has 23 heavy (non-hydrogen) atoms. The van der Waals surface area contributed by atoms with Crippen molar-refractivity contribution in [1.29, 1.82) is 0 Å². The predicted molar refractivity (Wildman–Crippen MR) is 100 cm³/mol. The number of hydrogen-bond acceptors (Lipinski definition) is 2. The minimum atomic E-state index is -0.0392. The van der Waals surface area contributed by atoms with Crippen LogP contribution in [0, 0.1) is 11.8 Å². The van der Waals surface area contributed by atoms with Crippen LogP contribution < -0.4 is 5.32 Å². The lowest BCUT2D eigenvalue weighted by atomic mass is 9.76. The second-order valence-corrected chi connectivity index (χ2v) is 8.04. The number of carbonyl (C=O) groups excluding carboxylic acids is 1. The largest absolute Gasteiger partial charge is 0.302 e. The summed E-state index contributed by atoms with van der Waals surface area (Å²) in [5.41, 5.74) is 2.29. The molecule has 1 fully saturated rings. The third kappa shape index (κ3) is 3.44. The van der Waals surface area contributed by atoms with Crippen LogP contribution in [0.25, 0.3) is 0 Å². The first kappa shape index (κ1) is 16.9. The van der Waals surface area contributed by atoms with Crippen LogP contribution >= 0.6 is 31.9 Å². The zero-order chi connectivity index (χ0) is 16.6. The van der Waals surface area contributed by atoms with E-state index in [0.29, 0.717) is 5.78 Å². The van der Waals surface area contributed by atoms with Gasteiger partial charge in [0.1, 0.15) is 5.78 Å². The molecule has 0 aliphatic carbocycles. The summed E-state index contributed by atoms with van der Waals surface area (Å²) in [5, 5.41) is 3.71. The molecule has 0 radical (unpaired) electrons. The molecule has 0 spiro atoms. The summed E-state index contributed by atoms with van der Waals surface area (Å²) in [6.45, 7) is 4.04. The molecular formula is C19H19Br2NO. The number of Topliss-reactive ketones (excluding diaryl/α,β-unsaturated/α-hetero) is 1. The molecule has 0 aromatic heterocycles. The van der Waals surface area contributed by atoms with Crippen molar-refractivity contribution in [3.63, 3.8) is 0 Å². The van der Waals surface area contributed by atoms with E-state index in [-0.39, 0.29) is 23.9 Å². The molecule has 4 heteroatoms. The Morgan fingerprint density at radius 2 is 1.26 bits per heavy atom. The van der Waals surface area contributed by atoms with Crippen molar-refractivity contribution in [2.75, 3.05) is 0 Å². The van der Waals surface area contributed by atoms with Crippen molar-refractivity contribution in [3.8, 4) is 0 Å². The van der Waals surface area contributed by atoms with E-state index in [1.54, 1.807) is 0 Å². The summed E-state index contributed by atoms with van der Waals surface area (Å²) in [6.07, 6.45) is 0. The van der Waals surface area contributed by atoms with Crippen LogP contribution in [0.4, 0.5) is 0 Å². The van der Waals surface area contributed by atoms with Crippen molar-refractivity contribution in [3.05, 3.63) is 68.6 Å². The van der Waals surface area contributed by atoms with E-state index in [0.717, 1.165) is 20.1 Å². The van der Waals surface area contributed by atoms with Crippen LogP contribution in [0.5, 0.6) is 0 Å².